The summed E-state index contributed by atoms with van der Waals surface area (Å²) in [6.07, 6.45) is 0.639. The van der Waals surface area contributed by atoms with E-state index in [2.05, 4.69) is 9.97 Å². The van der Waals surface area contributed by atoms with E-state index in [4.69, 9.17) is 23.2 Å². The maximum atomic E-state index is 11.9. The van der Waals surface area contributed by atoms with Crippen LogP contribution in [0.5, 0.6) is 0 Å². The molecule has 2 aromatic heterocycles. The van der Waals surface area contributed by atoms with Crippen molar-refractivity contribution in [3.05, 3.63) is 51.4 Å². The van der Waals surface area contributed by atoms with Gasteiger partial charge in [-0.25, -0.2) is 14.8 Å². The van der Waals surface area contributed by atoms with Gasteiger partial charge >= 0.3 is 6.09 Å². The number of halogens is 2. The third-order valence-electron chi connectivity index (χ3n) is 4.67. The second-order valence-corrected chi connectivity index (χ2v) is 8.59. The van der Waals surface area contributed by atoms with Gasteiger partial charge in [0.25, 0.3) is 0 Å². The van der Waals surface area contributed by atoms with Crippen molar-refractivity contribution in [1.29, 1.82) is 0 Å². The zero-order valence-electron chi connectivity index (χ0n) is 16.6. The number of aryl methyl sites for hydroxylation is 1. The number of hydrogen-bond donors (Lipinski definition) is 2. The maximum absolute atomic E-state index is 11.9. The van der Waals surface area contributed by atoms with Gasteiger partial charge in [-0.1, -0.05) is 23.2 Å². The Kier molecular flexibility index (Phi) is 5.76. The van der Waals surface area contributed by atoms with E-state index in [1.54, 1.807) is 35.7 Å². The number of aliphatic hydroxyl groups excluding tert-OH is 1. The topological polar surface area (TPSA) is 91.0 Å². The maximum Gasteiger partial charge on any atom is 0.408 e. The highest BCUT2D eigenvalue weighted by Gasteiger charge is 2.29. The Balaban J connectivity index is 2.34. The molecule has 0 saturated heterocycles. The van der Waals surface area contributed by atoms with Crippen molar-refractivity contribution in [2.45, 2.75) is 46.4 Å². The Morgan fingerprint density at radius 2 is 1.93 bits per heavy atom. The fourth-order valence-electron chi connectivity index (χ4n) is 3.18. The fourth-order valence-corrected chi connectivity index (χ4v) is 3.68. The van der Waals surface area contributed by atoms with E-state index in [1.165, 1.54) is 4.90 Å². The Bertz CT molecular complexity index is 1090. The molecule has 3 aromatic rings. The van der Waals surface area contributed by atoms with Crippen molar-refractivity contribution >= 4 is 35.1 Å². The number of imidazole rings is 1. The molecule has 1 aromatic carbocycles. The Morgan fingerprint density at radius 1 is 1.24 bits per heavy atom. The first kappa shape index (κ1) is 21.4. The summed E-state index contributed by atoms with van der Waals surface area (Å²) in [7, 11) is 0. The van der Waals surface area contributed by atoms with E-state index in [0.29, 0.717) is 44.0 Å². The largest absolute Gasteiger partial charge is 0.465 e. The average molecular weight is 437 g/mol. The molecule has 2 heterocycles. The number of benzene rings is 1. The van der Waals surface area contributed by atoms with Gasteiger partial charge in [-0.3, -0.25) is 9.30 Å². The van der Waals surface area contributed by atoms with Crippen LogP contribution in [0.25, 0.3) is 17.0 Å². The van der Waals surface area contributed by atoms with E-state index in [-0.39, 0.29) is 13.2 Å². The van der Waals surface area contributed by atoms with Crippen LogP contribution >= 0.6 is 23.2 Å². The first-order valence-electron chi connectivity index (χ1n) is 8.97. The van der Waals surface area contributed by atoms with Gasteiger partial charge in [0.2, 0.25) is 5.78 Å². The predicted molar refractivity (Wildman–Crippen MR) is 112 cm³/mol. The average Bonchev–Trinajstić information content (AvgIpc) is 3.01. The van der Waals surface area contributed by atoms with E-state index < -0.39 is 11.6 Å². The van der Waals surface area contributed by atoms with Crippen LogP contribution in [0.15, 0.2) is 24.4 Å². The highest BCUT2D eigenvalue weighted by atomic mass is 35.5. The van der Waals surface area contributed by atoms with Crippen molar-refractivity contribution in [1.82, 2.24) is 19.3 Å². The number of amides is 1. The number of rotatable bonds is 4. The highest BCUT2D eigenvalue weighted by Crippen LogP contribution is 2.35. The number of aromatic nitrogens is 3. The van der Waals surface area contributed by atoms with Crippen LogP contribution in [0.2, 0.25) is 10.0 Å². The molecule has 3 rings (SSSR count). The van der Waals surface area contributed by atoms with Crippen LogP contribution in [-0.4, -0.2) is 41.1 Å². The summed E-state index contributed by atoms with van der Waals surface area (Å²) in [6, 6.07) is 5.13. The molecule has 0 saturated carbocycles. The quantitative estimate of drug-likeness (QED) is 0.613. The number of carbonyl (C=O) groups is 1. The van der Waals surface area contributed by atoms with E-state index >= 15 is 0 Å². The minimum absolute atomic E-state index is 0.106. The van der Waals surface area contributed by atoms with E-state index in [9.17, 15) is 15.0 Å². The van der Waals surface area contributed by atoms with Gasteiger partial charge in [0.05, 0.1) is 29.6 Å². The monoisotopic (exact) mass is 436 g/mol. The summed E-state index contributed by atoms with van der Waals surface area (Å²) in [5.74, 6) is 0.397. The molecule has 2 N–H and O–H groups in total. The molecule has 154 valence electrons. The number of hydrogen-bond acceptors (Lipinski definition) is 4. The van der Waals surface area contributed by atoms with Crippen molar-refractivity contribution < 1.29 is 15.0 Å². The summed E-state index contributed by atoms with van der Waals surface area (Å²) in [6.45, 7) is 7.16. The van der Waals surface area contributed by atoms with Crippen LogP contribution in [0.4, 0.5) is 4.79 Å². The number of carboxylic acid groups (broad SMARTS) is 1. The third kappa shape index (κ3) is 4.17. The Morgan fingerprint density at radius 3 is 2.48 bits per heavy atom. The second kappa shape index (κ2) is 7.82. The lowest BCUT2D eigenvalue weighted by atomic mass is 10.0. The molecule has 9 heteroatoms. The predicted octanol–water partition coefficient (Wildman–Crippen LogP) is 4.78. The molecule has 0 aliphatic heterocycles. The van der Waals surface area contributed by atoms with Gasteiger partial charge in [-0.05, 0) is 45.9 Å². The van der Waals surface area contributed by atoms with Gasteiger partial charge in [0.15, 0.2) is 0 Å². The zero-order valence-corrected chi connectivity index (χ0v) is 18.1. The molecule has 0 unspecified atom stereocenters. The van der Waals surface area contributed by atoms with E-state index in [0.717, 1.165) is 0 Å². The van der Waals surface area contributed by atoms with Crippen molar-refractivity contribution in [3.63, 3.8) is 0 Å². The molecule has 29 heavy (non-hydrogen) atoms. The molecule has 0 spiro atoms. The van der Waals surface area contributed by atoms with Gasteiger partial charge in [-0.2, -0.15) is 0 Å². The molecule has 0 bridgehead atoms. The standard InChI is InChI=1S/C20H22Cl2N4O3/c1-11-15(9-26(19(28)29)20(2,3)4)17(14-6-5-12(21)7-16(14)22)25-8-13(10-27)24-18(25)23-11/h5-8,27H,9-10H2,1-4H3,(H,28,29). The summed E-state index contributed by atoms with van der Waals surface area (Å²) in [4.78, 5) is 22.1. The summed E-state index contributed by atoms with van der Waals surface area (Å²) >= 11 is 12.6. The normalized spacial score (nSPS) is 11.8. The molecule has 0 fully saturated rings. The smallest absolute Gasteiger partial charge is 0.408 e. The molecule has 0 atom stereocenters. The van der Waals surface area contributed by atoms with Gasteiger partial charge in [0, 0.05) is 33.6 Å². The van der Waals surface area contributed by atoms with Gasteiger partial charge in [-0.15, -0.1) is 0 Å². The van der Waals surface area contributed by atoms with Gasteiger partial charge < -0.3 is 10.2 Å². The van der Waals surface area contributed by atoms with Crippen LogP contribution in [-0.2, 0) is 13.2 Å². The van der Waals surface area contributed by atoms with Crippen LogP contribution in [0.1, 0.15) is 37.7 Å². The second-order valence-electron chi connectivity index (χ2n) is 7.75. The van der Waals surface area contributed by atoms with E-state index in [1.807, 2.05) is 20.8 Å². The fraction of sp³-hybridized carbons (Fsp3) is 0.350. The molecular formula is C20H22Cl2N4O3. The molecule has 7 nitrogen and oxygen atoms in total. The molecule has 1 amide bonds. The number of aliphatic hydroxyl groups is 1. The van der Waals surface area contributed by atoms with Crippen molar-refractivity contribution in [2.24, 2.45) is 0 Å². The Labute approximate surface area is 178 Å². The Hall–Kier alpha value is -2.35. The first-order valence-corrected chi connectivity index (χ1v) is 9.72. The molecule has 0 radical (unpaired) electrons. The molecule has 0 aliphatic rings. The van der Waals surface area contributed by atoms with Crippen molar-refractivity contribution in [3.8, 4) is 11.3 Å². The minimum Gasteiger partial charge on any atom is -0.465 e. The minimum atomic E-state index is -1.04. The zero-order chi connectivity index (χ0) is 21.5. The lowest BCUT2D eigenvalue weighted by molar-refractivity contribution is 0.0954. The lowest BCUT2D eigenvalue weighted by Gasteiger charge is -2.34. The summed E-state index contributed by atoms with van der Waals surface area (Å²) in [5, 5.41) is 20.2. The SMILES string of the molecule is Cc1nc2nc(CO)cn2c(-c2ccc(Cl)cc2Cl)c1CN(C(=O)O)C(C)(C)C. The van der Waals surface area contributed by atoms with Crippen LogP contribution in [0.3, 0.4) is 0 Å². The first-order chi connectivity index (χ1) is 13.5. The van der Waals surface area contributed by atoms with Crippen LogP contribution in [0, 0.1) is 6.92 Å². The number of nitrogens with zero attached hydrogens (tertiary/aromatic N) is 4. The third-order valence-corrected chi connectivity index (χ3v) is 5.22. The van der Waals surface area contributed by atoms with Gasteiger partial charge in [0.1, 0.15) is 0 Å². The summed E-state index contributed by atoms with van der Waals surface area (Å²) < 4.78 is 1.73. The number of fused-ring (bicyclic) bond motifs is 1. The van der Waals surface area contributed by atoms with Crippen molar-refractivity contribution in [2.75, 3.05) is 0 Å². The molecule has 0 aliphatic carbocycles. The highest BCUT2D eigenvalue weighted by molar-refractivity contribution is 6.36. The molecular weight excluding hydrogens is 415 g/mol. The van der Waals surface area contributed by atoms with Crippen LogP contribution < -0.4 is 0 Å². The lowest BCUT2D eigenvalue weighted by Crippen LogP contribution is -2.44. The summed E-state index contributed by atoms with van der Waals surface area (Å²) in [5.41, 5.74) is 2.48.